The number of aromatic nitrogens is 1. The topological polar surface area (TPSA) is 39.3 Å². The van der Waals surface area contributed by atoms with Crippen molar-refractivity contribution >= 4 is 18.7 Å². The van der Waals surface area contributed by atoms with Crippen LogP contribution >= 0.6 is 0 Å². The molecule has 0 aliphatic heterocycles. The molecular formula is C12H15BN2O. The second-order valence-corrected chi connectivity index (χ2v) is 4.31. The van der Waals surface area contributed by atoms with E-state index in [1.165, 1.54) is 0 Å². The van der Waals surface area contributed by atoms with Crippen LogP contribution < -0.4 is 0 Å². The van der Waals surface area contributed by atoms with E-state index in [2.05, 4.69) is 4.98 Å². The fourth-order valence-corrected chi connectivity index (χ4v) is 1.72. The number of H-pyrrole nitrogens is 1. The first-order chi connectivity index (χ1) is 7.50. The van der Waals surface area contributed by atoms with Gasteiger partial charge in [-0.2, -0.15) is 0 Å². The number of fused-ring (bicyclic) bond motifs is 1. The second-order valence-electron chi connectivity index (χ2n) is 4.31. The molecule has 1 unspecified atom stereocenters. The normalized spacial score (nSPS) is 15.5. The van der Waals surface area contributed by atoms with E-state index in [1.54, 1.807) is 19.0 Å². The lowest BCUT2D eigenvalue weighted by molar-refractivity contribution is -0.00339. The average molecular weight is 214 g/mol. The molecule has 3 nitrogen and oxygen atoms in total. The molecule has 1 heterocycles. The van der Waals surface area contributed by atoms with Crippen molar-refractivity contribution in [1.29, 1.82) is 0 Å². The van der Waals surface area contributed by atoms with E-state index >= 15 is 0 Å². The Morgan fingerprint density at radius 1 is 1.38 bits per heavy atom. The van der Waals surface area contributed by atoms with Gasteiger partial charge in [-0.15, -0.1) is 0 Å². The number of aromatic amines is 1. The van der Waals surface area contributed by atoms with Crippen molar-refractivity contribution in [2.75, 3.05) is 14.1 Å². The van der Waals surface area contributed by atoms with Gasteiger partial charge in [0, 0.05) is 23.5 Å². The van der Waals surface area contributed by atoms with Crippen LogP contribution in [-0.4, -0.2) is 42.6 Å². The number of rotatable bonds is 3. The molecule has 2 radical (unpaired) electrons. The molecule has 0 amide bonds. The van der Waals surface area contributed by atoms with E-state index in [-0.39, 0.29) is 0 Å². The number of aliphatic hydroxyl groups is 1. The van der Waals surface area contributed by atoms with Crippen LogP contribution in [0.25, 0.3) is 10.9 Å². The first-order valence-electron chi connectivity index (χ1n) is 5.24. The Balaban J connectivity index is 2.35. The number of nitrogens with zero attached hydrogens (tertiary/aromatic N) is 1. The third-order valence-corrected chi connectivity index (χ3v) is 2.90. The molecule has 0 aliphatic rings. The molecule has 0 saturated heterocycles. The zero-order valence-electron chi connectivity index (χ0n) is 9.57. The van der Waals surface area contributed by atoms with Gasteiger partial charge in [-0.05, 0) is 25.7 Å². The molecule has 0 fully saturated rings. The van der Waals surface area contributed by atoms with E-state index < -0.39 is 5.62 Å². The molecule has 1 atom stereocenters. The Morgan fingerprint density at radius 3 is 2.75 bits per heavy atom. The Kier molecular flexibility index (Phi) is 2.78. The molecular weight excluding hydrogens is 199 g/mol. The summed E-state index contributed by atoms with van der Waals surface area (Å²) < 4.78 is 0. The molecule has 16 heavy (non-hydrogen) atoms. The zero-order chi connectivity index (χ0) is 11.8. The molecule has 0 spiro atoms. The van der Waals surface area contributed by atoms with Crippen molar-refractivity contribution in [3.8, 4) is 0 Å². The minimum Gasteiger partial charge on any atom is -0.385 e. The minimum absolute atomic E-state index is 0.393. The Bertz CT molecular complexity index is 490. The lowest BCUT2D eigenvalue weighted by Crippen LogP contribution is -2.46. The Labute approximate surface area is 96.5 Å². The zero-order valence-corrected chi connectivity index (χ0v) is 9.57. The molecule has 4 heteroatoms. The molecule has 2 N–H and O–H groups in total. The fourth-order valence-electron chi connectivity index (χ4n) is 1.72. The number of hydrogen-bond donors (Lipinski definition) is 2. The molecule has 1 aromatic heterocycles. The van der Waals surface area contributed by atoms with E-state index in [0.717, 1.165) is 16.5 Å². The highest BCUT2D eigenvalue weighted by Crippen LogP contribution is 2.21. The summed E-state index contributed by atoms with van der Waals surface area (Å²) in [6.45, 7) is 0. The van der Waals surface area contributed by atoms with Crippen LogP contribution in [0, 0.1) is 0 Å². The first-order valence-corrected chi connectivity index (χ1v) is 5.24. The molecule has 1 aromatic carbocycles. The maximum absolute atomic E-state index is 10.0. The summed E-state index contributed by atoms with van der Waals surface area (Å²) >= 11 is 0. The van der Waals surface area contributed by atoms with Crippen molar-refractivity contribution in [2.24, 2.45) is 0 Å². The molecule has 0 bridgehead atoms. The van der Waals surface area contributed by atoms with Crippen LogP contribution in [0.4, 0.5) is 0 Å². The summed E-state index contributed by atoms with van der Waals surface area (Å²) in [4.78, 5) is 4.77. The highest BCUT2D eigenvalue weighted by Gasteiger charge is 2.23. The summed E-state index contributed by atoms with van der Waals surface area (Å²) in [5.41, 5.74) is 0.770. The number of nitrogens with one attached hydrogen (secondary N) is 1. The molecule has 2 rings (SSSR count). The van der Waals surface area contributed by atoms with Gasteiger partial charge in [-0.3, -0.25) is 4.90 Å². The molecule has 82 valence electrons. The maximum Gasteiger partial charge on any atom is 0.136 e. The van der Waals surface area contributed by atoms with Gasteiger partial charge in [0.05, 0.1) is 5.62 Å². The maximum atomic E-state index is 10.0. The largest absolute Gasteiger partial charge is 0.385 e. The highest BCUT2D eigenvalue weighted by molar-refractivity contribution is 6.14. The third-order valence-electron chi connectivity index (χ3n) is 2.90. The predicted molar refractivity (Wildman–Crippen MR) is 66.4 cm³/mol. The molecule has 0 aliphatic carbocycles. The molecule has 2 aromatic rings. The predicted octanol–water partition coefficient (Wildman–Crippen LogP) is 1.09. The number of para-hydroxylation sites is 1. The second kappa shape index (κ2) is 3.96. The van der Waals surface area contributed by atoms with Crippen LogP contribution in [0.5, 0.6) is 0 Å². The van der Waals surface area contributed by atoms with Gasteiger partial charge in [-0.25, -0.2) is 0 Å². The van der Waals surface area contributed by atoms with Gasteiger partial charge in [0.1, 0.15) is 7.85 Å². The summed E-state index contributed by atoms with van der Waals surface area (Å²) in [6.07, 6.45) is 2.29. The van der Waals surface area contributed by atoms with E-state index in [1.807, 2.05) is 30.5 Å². The Morgan fingerprint density at radius 2 is 2.06 bits per heavy atom. The van der Waals surface area contributed by atoms with Gasteiger partial charge in [0.2, 0.25) is 0 Å². The SMILES string of the molecule is [B]C(O)(Cc1c[nH]c2ccccc12)N(C)C. The minimum atomic E-state index is -1.31. The summed E-state index contributed by atoms with van der Waals surface area (Å²) in [5.74, 6) is 0. The van der Waals surface area contributed by atoms with Crippen molar-refractivity contribution in [3.63, 3.8) is 0 Å². The van der Waals surface area contributed by atoms with Crippen molar-refractivity contribution < 1.29 is 5.11 Å². The van der Waals surface area contributed by atoms with Crippen LogP contribution in [0.15, 0.2) is 30.5 Å². The smallest absolute Gasteiger partial charge is 0.136 e. The average Bonchev–Trinajstić information content (AvgIpc) is 2.61. The van der Waals surface area contributed by atoms with E-state index in [9.17, 15) is 5.11 Å². The van der Waals surface area contributed by atoms with Crippen molar-refractivity contribution in [3.05, 3.63) is 36.0 Å². The summed E-state index contributed by atoms with van der Waals surface area (Å²) in [6, 6.07) is 7.98. The molecule has 0 saturated carbocycles. The standard InChI is InChI=1S/C12H15BN2O/c1-15(2)12(13,16)7-9-8-14-11-6-4-3-5-10(9)11/h3-6,8,14,16H,7H2,1-2H3. The Hall–Kier alpha value is -1.26. The number of hydrogen-bond acceptors (Lipinski definition) is 2. The van der Waals surface area contributed by atoms with Gasteiger partial charge >= 0.3 is 0 Å². The van der Waals surface area contributed by atoms with Crippen molar-refractivity contribution in [1.82, 2.24) is 9.88 Å². The van der Waals surface area contributed by atoms with E-state index in [4.69, 9.17) is 7.85 Å². The monoisotopic (exact) mass is 214 g/mol. The highest BCUT2D eigenvalue weighted by atomic mass is 16.3. The first kappa shape index (κ1) is 11.2. The number of likely N-dealkylation sites (N-methyl/N-ethyl adjacent to an activating group) is 1. The van der Waals surface area contributed by atoms with Crippen LogP contribution in [0.3, 0.4) is 0 Å². The van der Waals surface area contributed by atoms with Gasteiger partial charge in [0.15, 0.2) is 0 Å². The van der Waals surface area contributed by atoms with Gasteiger partial charge in [-0.1, -0.05) is 18.2 Å². The van der Waals surface area contributed by atoms with Crippen LogP contribution in [0.2, 0.25) is 0 Å². The quantitative estimate of drug-likeness (QED) is 0.592. The lowest BCUT2D eigenvalue weighted by atomic mass is 9.84. The summed E-state index contributed by atoms with van der Waals surface area (Å²) in [7, 11) is 9.33. The van der Waals surface area contributed by atoms with Gasteiger partial charge < -0.3 is 10.1 Å². The fraction of sp³-hybridized carbons (Fsp3) is 0.333. The van der Waals surface area contributed by atoms with Crippen molar-refractivity contribution in [2.45, 2.75) is 12.0 Å². The van der Waals surface area contributed by atoms with Gasteiger partial charge in [0.25, 0.3) is 0 Å². The van der Waals surface area contributed by atoms with Crippen LogP contribution in [0.1, 0.15) is 5.56 Å². The van der Waals surface area contributed by atoms with Crippen LogP contribution in [-0.2, 0) is 6.42 Å². The van der Waals surface area contributed by atoms with E-state index in [0.29, 0.717) is 6.42 Å². The third kappa shape index (κ3) is 1.99. The number of benzene rings is 1. The lowest BCUT2D eigenvalue weighted by Gasteiger charge is -2.31. The summed E-state index contributed by atoms with van der Waals surface area (Å²) in [5, 5.41) is 11.1.